The smallest absolute Gasteiger partial charge is 0.258 e. The summed E-state index contributed by atoms with van der Waals surface area (Å²) >= 11 is 1.48. The fourth-order valence-corrected chi connectivity index (χ4v) is 5.97. The zero-order chi connectivity index (χ0) is 24.5. The van der Waals surface area contributed by atoms with Gasteiger partial charge in [0.05, 0.1) is 18.6 Å². The first kappa shape index (κ1) is 22.7. The van der Waals surface area contributed by atoms with Crippen molar-refractivity contribution in [1.82, 2.24) is 19.7 Å². The van der Waals surface area contributed by atoms with Crippen molar-refractivity contribution in [3.63, 3.8) is 0 Å². The molecule has 2 N–H and O–H groups in total. The Morgan fingerprint density at radius 1 is 1.14 bits per heavy atom. The fourth-order valence-electron chi connectivity index (χ4n) is 4.71. The lowest BCUT2D eigenvalue weighted by Gasteiger charge is -2.28. The summed E-state index contributed by atoms with van der Waals surface area (Å²) < 4.78 is 7.52. The van der Waals surface area contributed by atoms with Gasteiger partial charge in [-0.05, 0) is 43.2 Å². The molecule has 0 aromatic carbocycles. The molecule has 1 aliphatic carbocycles. The maximum absolute atomic E-state index is 13.7. The van der Waals surface area contributed by atoms with Gasteiger partial charge < -0.3 is 20.3 Å². The predicted molar refractivity (Wildman–Crippen MR) is 142 cm³/mol. The molecule has 184 valence electrons. The number of ether oxygens (including phenoxy) is 1. The van der Waals surface area contributed by atoms with Gasteiger partial charge in [-0.1, -0.05) is 12.1 Å². The second kappa shape index (κ2) is 9.71. The lowest BCUT2D eigenvalue weighted by atomic mass is 10.1. The number of carbonyl (C=O) groups excluding carboxylic acids is 1. The van der Waals surface area contributed by atoms with Crippen LogP contribution >= 0.6 is 11.3 Å². The van der Waals surface area contributed by atoms with Crippen LogP contribution < -0.4 is 21.0 Å². The van der Waals surface area contributed by atoms with Crippen molar-refractivity contribution in [2.45, 2.75) is 12.8 Å². The van der Waals surface area contributed by atoms with E-state index in [4.69, 9.17) is 9.72 Å². The van der Waals surface area contributed by atoms with Gasteiger partial charge in [-0.25, -0.2) is 9.97 Å². The first-order valence-corrected chi connectivity index (χ1v) is 13.0. The number of carbonyl (C=O) groups is 1. The molecule has 0 bridgehead atoms. The molecule has 4 aromatic heterocycles. The van der Waals surface area contributed by atoms with Gasteiger partial charge in [0.2, 0.25) is 5.43 Å². The molecule has 9 nitrogen and oxygen atoms in total. The second-order valence-electron chi connectivity index (χ2n) is 8.74. The number of rotatable bonds is 6. The molecule has 5 heterocycles. The minimum atomic E-state index is -0.373. The van der Waals surface area contributed by atoms with Crippen LogP contribution in [-0.4, -0.2) is 59.7 Å². The van der Waals surface area contributed by atoms with Crippen molar-refractivity contribution in [2.75, 3.05) is 49.6 Å². The van der Waals surface area contributed by atoms with Crippen molar-refractivity contribution >= 4 is 50.8 Å². The highest BCUT2D eigenvalue weighted by Gasteiger charge is 2.25. The quantitative estimate of drug-likeness (QED) is 0.391. The van der Waals surface area contributed by atoms with Crippen LogP contribution in [0.2, 0.25) is 0 Å². The van der Waals surface area contributed by atoms with Crippen LogP contribution in [0.1, 0.15) is 27.3 Å². The van der Waals surface area contributed by atoms with E-state index in [2.05, 4.69) is 32.7 Å². The van der Waals surface area contributed by atoms with Gasteiger partial charge >= 0.3 is 0 Å². The van der Waals surface area contributed by atoms with E-state index in [0.717, 1.165) is 48.1 Å². The number of fused-ring (bicyclic) bond motifs is 5. The Morgan fingerprint density at radius 3 is 2.86 bits per heavy atom. The predicted octanol–water partition coefficient (Wildman–Crippen LogP) is 2.94. The molecule has 4 aromatic rings. The molecular weight excluding hydrogens is 476 g/mol. The molecule has 6 rings (SSSR count). The molecule has 0 spiro atoms. The summed E-state index contributed by atoms with van der Waals surface area (Å²) in [7, 11) is 0. The highest BCUT2D eigenvalue weighted by Crippen LogP contribution is 2.33. The van der Waals surface area contributed by atoms with E-state index < -0.39 is 0 Å². The van der Waals surface area contributed by atoms with E-state index in [-0.39, 0.29) is 16.9 Å². The second-order valence-corrected chi connectivity index (χ2v) is 9.77. The maximum Gasteiger partial charge on any atom is 0.258 e. The topological polar surface area (TPSA) is 101 Å². The van der Waals surface area contributed by atoms with Crippen LogP contribution in [0.25, 0.3) is 21.9 Å². The normalized spacial score (nSPS) is 15.3. The van der Waals surface area contributed by atoms with Gasteiger partial charge in [0.25, 0.3) is 5.91 Å². The number of hydrogen-bond donors (Lipinski definition) is 2. The molecule has 1 aliphatic heterocycles. The Morgan fingerprint density at radius 2 is 2.03 bits per heavy atom. The van der Waals surface area contributed by atoms with Gasteiger partial charge in [0.15, 0.2) is 5.65 Å². The summed E-state index contributed by atoms with van der Waals surface area (Å²) in [5, 5.41) is 6.54. The van der Waals surface area contributed by atoms with Crippen molar-refractivity contribution in [3.8, 4) is 0 Å². The summed E-state index contributed by atoms with van der Waals surface area (Å²) in [6.45, 7) is 3.68. The number of aromatic nitrogens is 3. The average molecular weight is 503 g/mol. The first-order valence-electron chi connectivity index (χ1n) is 12.1. The zero-order valence-corrected chi connectivity index (χ0v) is 20.5. The van der Waals surface area contributed by atoms with Gasteiger partial charge in [-0.15, -0.1) is 11.3 Å². The number of thiazole rings is 1. The number of allylic oxidation sites excluding steroid dienone is 1. The average Bonchev–Trinajstić information content (AvgIpc) is 3.31. The lowest BCUT2D eigenvalue weighted by molar-refractivity contribution is 0.0955. The SMILES string of the molecule is O=C(NCCNc1ccccn1)c1c(=O)c2ccc(N3CCOCC3)nc2n2c3c(sc12)C=CCC3. The van der Waals surface area contributed by atoms with Crippen molar-refractivity contribution in [3.05, 3.63) is 69.0 Å². The van der Waals surface area contributed by atoms with Crippen LogP contribution in [0, 0.1) is 0 Å². The Labute approximate surface area is 211 Å². The van der Waals surface area contributed by atoms with Crippen LogP contribution in [0.5, 0.6) is 0 Å². The fraction of sp³-hybridized carbons (Fsp3) is 0.308. The van der Waals surface area contributed by atoms with Gasteiger partial charge in [0.1, 0.15) is 22.0 Å². The largest absolute Gasteiger partial charge is 0.378 e. The minimum Gasteiger partial charge on any atom is -0.378 e. The van der Waals surface area contributed by atoms with Crippen molar-refractivity contribution in [1.29, 1.82) is 0 Å². The van der Waals surface area contributed by atoms with E-state index in [0.29, 0.717) is 42.2 Å². The van der Waals surface area contributed by atoms with Crippen LogP contribution in [0.4, 0.5) is 11.6 Å². The highest BCUT2D eigenvalue weighted by atomic mass is 32.1. The van der Waals surface area contributed by atoms with E-state index in [1.54, 1.807) is 6.20 Å². The molecular formula is C26H26N6O3S. The van der Waals surface area contributed by atoms with E-state index >= 15 is 0 Å². The molecule has 2 aliphatic rings. The number of anilines is 2. The minimum absolute atomic E-state index is 0.175. The summed E-state index contributed by atoms with van der Waals surface area (Å²) in [6, 6.07) is 9.29. The summed E-state index contributed by atoms with van der Waals surface area (Å²) in [4.78, 5) is 40.0. The van der Waals surface area contributed by atoms with Crippen LogP contribution in [0.15, 0.2) is 47.4 Å². The Kier molecular flexibility index (Phi) is 6.12. The molecule has 10 heteroatoms. The number of pyridine rings is 3. The first-order chi connectivity index (χ1) is 17.7. The van der Waals surface area contributed by atoms with Crippen molar-refractivity contribution in [2.24, 2.45) is 0 Å². The molecule has 0 unspecified atom stereocenters. The van der Waals surface area contributed by atoms with Crippen LogP contribution in [0.3, 0.4) is 0 Å². The maximum atomic E-state index is 13.7. The Bertz CT molecular complexity index is 1520. The monoisotopic (exact) mass is 502 g/mol. The number of aryl methyl sites for hydroxylation is 1. The Hall–Kier alpha value is -3.76. The standard InChI is InChI=1S/C26H26N6O3S/c33-23-17-8-9-21(31-13-15-35-16-14-31)30-24(17)32-18-5-1-2-6-19(18)36-26(32)22(23)25(34)29-12-11-28-20-7-3-4-10-27-20/h2-4,6-10H,1,5,11-16H2,(H,27,28)(H,29,34). The van der Waals surface area contributed by atoms with E-state index in [1.165, 1.54) is 11.3 Å². The molecule has 1 saturated heterocycles. The zero-order valence-electron chi connectivity index (χ0n) is 19.7. The molecule has 0 atom stereocenters. The number of nitrogens with one attached hydrogen (secondary N) is 2. The van der Waals surface area contributed by atoms with E-state index in [1.807, 2.05) is 34.7 Å². The highest BCUT2D eigenvalue weighted by molar-refractivity contribution is 7.18. The summed E-state index contributed by atoms with van der Waals surface area (Å²) in [6.07, 6.45) is 7.67. The summed E-state index contributed by atoms with van der Waals surface area (Å²) in [5.74, 6) is 1.19. The molecule has 1 amide bonds. The van der Waals surface area contributed by atoms with Gasteiger partial charge in [-0.3, -0.25) is 14.0 Å². The number of morpholine rings is 1. The number of amides is 1. The number of nitrogens with zero attached hydrogens (tertiary/aromatic N) is 4. The molecule has 0 saturated carbocycles. The summed E-state index contributed by atoms with van der Waals surface area (Å²) in [5.41, 5.74) is 1.60. The molecule has 0 radical (unpaired) electrons. The van der Waals surface area contributed by atoms with Gasteiger partial charge in [0, 0.05) is 42.9 Å². The third kappa shape index (κ3) is 4.12. The van der Waals surface area contributed by atoms with Crippen molar-refractivity contribution < 1.29 is 9.53 Å². The molecule has 1 fully saturated rings. The third-order valence-electron chi connectivity index (χ3n) is 6.48. The van der Waals surface area contributed by atoms with Crippen LogP contribution in [-0.2, 0) is 11.2 Å². The lowest BCUT2D eigenvalue weighted by Crippen LogP contribution is -2.37. The molecule has 36 heavy (non-hydrogen) atoms. The number of hydrogen-bond acceptors (Lipinski definition) is 8. The third-order valence-corrected chi connectivity index (χ3v) is 7.65. The Balaban J connectivity index is 1.38. The van der Waals surface area contributed by atoms with E-state index in [9.17, 15) is 9.59 Å². The van der Waals surface area contributed by atoms with Gasteiger partial charge in [-0.2, -0.15) is 0 Å².